The molecule has 4 nitrogen and oxygen atoms in total. The summed E-state index contributed by atoms with van der Waals surface area (Å²) in [6, 6.07) is 1.61. The van der Waals surface area contributed by atoms with Crippen LogP contribution in [0.25, 0.3) is 0 Å². The zero-order valence-corrected chi connectivity index (χ0v) is 9.32. The lowest BCUT2D eigenvalue weighted by Gasteiger charge is -2.32. The van der Waals surface area contributed by atoms with Crippen molar-refractivity contribution in [1.29, 1.82) is 0 Å². The molecule has 0 bridgehead atoms. The molecule has 5 heteroatoms. The van der Waals surface area contributed by atoms with E-state index in [1.54, 1.807) is 12.3 Å². The summed E-state index contributed by atoms with van der Waals surface area (Å²) in [5.41, 5.74) is 5.97. The molecular weight excluding hydrogens is 209 g/mol. The number of nitrogens with two attached hydrogens (primary N) is 1. The topological polar surface area (TPSA) is 51.4 Å². The third-order valence-corrected chi connectivity index (χ3v) is 2.71. The van der Waals surface area contributed by atoms with Gasteiger partial charge in [0.2, 0.25) is 0 Å². The first-order valence-electron chi connectivity index (χ1n) is 5.42. The predicted molar refractivity (Wildman–Crippen MR) is 59.7 cm³/mol. The second kappa shape index (κ2) is 4.76. The van der Waals surface area contributed by atoms with Gasteiger partial charge < -0.3 is 15.4 Å². The van der Waals surface area contributed by atoms with Gasteiger partial charge in [-0.05, 0) is 13.0 Å². The van der Waals surface area contributed by atoms with Crippen molar-refractivity contribution in [3.05, 3.63) is 23.6 Å². The Morgan fingerprint density at radius 3 is 3.19 bits per heavy atom. The fraction of sp³-hybridized carbons (Fsp3) is 0.545. The van der Waals surface area contributed by atoms with Gasteiger partial charge in [-0.2, -0.15) is 0 Å². The molecular formula is C11H16FN3O. The van der Waals surface area contributed by atoms with Crippen LogP contribution >= 0.6 is 0 Å². The van der Waals surface area contributed by atoms with E-state index >= 15 is 0 Å². The van der Waals surface area contributed by atoms with Crippen molar-refractivity contribution in [2.24, 2.45) is 5.73 Å². The first kappa shape index (κ1) is 11.3. The average molecular weight is 225 g/mol. The Bertz CT molecular complexity index is 372. The van der Waals surface area contributed by atoms with Crippen LogP contribution in [0.2, 0.25) is 0 Å². The number of halogens is 1. The van der Waals surface area contributed by atoms with Crippen LogP contribution in [-0.4, -0.2) is 30.8 Å². The van der Waals surface area contributed by atoms with Crippen LogP contribution in [-0.2, 0) is 11.3 Å². The third-order valence-electron chi connectivity index (χ3n) is 2.71. The van der Waals surface area contributed by atoms with E-state index in [4.69, 9.17) is 10.5 Å². The van der Waals surface area contributed by atoms with Gasteiger partial charge in [-0.1, -0.05) is 0 Å². The Balaban J connectivity index is 2.25. The van der Waals surface area contributed by atoms with E-state index in [9.17, 15) is 4.39 Å². The maximum Gasteiger partial charge on any atom is 0.170 e. The molecule has 2 heterocycles. The van der Waals surface area contributed by atoms with Crippen LogP contribution in [0.4, 0.5) is 10.2 Å². The summed E-state index contributed by atoms with van der Waals surface area (Å²) in [6.07, 6.45) is 1.71. The number of aromatic nitrogens is 1. The van der Waals surface area contributed by atoms with Gasteiger partial charge in [0.1, 0.15) is 0 Å². The van der Waals surface area contributed by atoms with Crippen LogP contribution < -0.4 is 10.6 Å². The van der Waals surface area contributed by atoms with Gasteiger partial charge in [0, 0.05) is 31.4 Å². The monoisotopic (exact) mass is 225 g/mol. The number of ether oxygens (including phenoxy) is 1. The lowest BCUT2D eigenvalue weighted by Crippen LogP contribution is -2.42. The molecule has 1 fully saturated rings. The molecule has 1 saturated heterocycles. The molecule has 88 valence electrons. The average Bonchev–Trinajstić information content (AvgIpc) is 2.29. The van der Waals surface area contributed by atoms with Gasteiger partial charge in [-0.25, -0.2) is 9.37 Å². The second-order valence-corrected chi connectivity index (χ2v) is 3.94. The Morgan fingerprint density at radius 1 is 1.69 bits per heavy atom. The lowest BCUT2D eigenvalue weighted by molar-refractivity contribution is 0.0527. The van der Waals surface area contributed by atoms with Crippen molar-refractivity contribution in [2.75, 3.05) is 24.6 Å². The zero-order chi connectivity index (χ0) is 11.5. The molecule has 1 aromatic heterocycles. The normalized spacial score (nSPS) is 21.2. The molecule has 2 rings (SSSR count). The van der Waals surface area contributed by atoms with Gasteiger partial charge in [0.25, 0.3) is 0 Å². The predicted octanol–water partition coefficient (Wildman–Crippen LogP) is 0.905. The molecule has 1 aliphatic heterocycles. The Hall–Kier alpha value is -1.20. The fourth-order valence-corrected chi connectivity index (χ4v) is 1.86. The van der Waals surface area contributed by atoms with Crippen LogP contribution in [0.5, 0.6) is 0 Å². The molecule has 0 radical (unpaired) electrons. The molecule has 1 aromatic rings. The van der Waals surface area contributed by atoms with Gasteiger partial charge in [0.15, 0.2) is 11.6 Å². The van der Waals surface area contributed by atoms with Crippen molar-refractivity contribution in [1.82, 2.24) is 4.98 Å². The Morgan fingerprint density at radius 2 is 2.50 bits per heavy atom. The highest BCUT2D eigenvalue weighted by Crippen LogP contribution is 2.21. The maximum atomic E-state index is 14.0. The number of pyridine rings is 1. The summed E-state index contributed by atoms with van der Waals surface area (Å²) in [6.45, 7) is 4.10. The summed E-state index contributed by atoms with van der Waals surface area (Å²) in [5, 5.41) is 0. The summed E-state index contributed by atoms with van der Waals surface area (Å²) in [4.78, 5) is 5.99. The highest BCUT2D eigenvalue weighted by molar-refractivity contribution is 5.43. The maximum absolute atomic E-state index is 14.0. The molecule has 1 aliphatic rings. The zero-order valence-electron chi connectivity index (χ0n) is 9.32. The fourth-order valence-electron chi connectivity index (χ4n) is 1.86. The smallest absolute Gasteiger partial charge is 0.170 e. The molecule has 1 unspecified atom stereocenters. The van der Waals surface area contributed by atoms with E-state index in [1.807, 2.05) is 11.8 Å². The molecule has 0 amide bonds. The molecule has 0 spiro atoms. The number of morpholine rings is 1. The highest BCUT2D eigenvalue weighted by Gasteiger charge is 2.21. The number of hydrogen-bond donors (Lipinski definition) is 1. The van der Waals surface area contributed by atoms with Crippen molar-refractivity contribution >= 4 is 5.82 Å². The standard InChI is InChI=1S/C11H16FN3O/c1-8-7-15(4-5-16-8)11-10(12)9(6-13)2-3-14-11/h2-3,8H,4-7,13H2,1H3. The van der Waals surface area contributed by atoms with Crippen LogP contribution in [0.1, 0.15) is 12.5 Å². The van der Waals surface area contributed by atoms with E-state index < -0.39 is 0 Å². The second-order valence-electron chi connectivity index (χ2n) is 3.94. The van der Waals surface area contributed by atoms with Crippen molar-refractivity contribution in [3.63, 3.8) is 0 Å². The lowest BCUT2D eigenvalue weighted by atomic mass is 10.2. The third kappa shape index (κ3) is 2.15. The number of anilines is 1. The van der Waals surface area contributed by atoms with Crippen molar-refractivity contribution in [2.45, 2.75) is 19.6 Å². The molecule has 0 aliphatic carbocycles. The van der Waals surface area contributed by atoms with Crippen LogP contribution in [0.15, 0.2) is 12.3 Å². The summed E-state index contributed by atoms with van der Waals surface area (Å²) in [7, 11) is 0. The number of nitrogens with zero attached hydrogens (tertiary/aromatic N) is 2. The summed E-state index contributed by atoms with van der Waals surface area (Å²) in [5.74, 6) is 0.0807. The minimum Gasteiger partial charge on any atom is -0.375 e. The minimum absolute atomic E-state index is 0.108. The first-order valence-corrected chi connectivity index (χ1v) is 5.42. The SMILES string of the molecule is CC1CN(c2nccc(CN)c2F)CCO1. The highest BCUT2D eigenvalue weighted by atomic mass is 19.1. The van der Waals surface area contributed by atoms with Gasteiger partial charge in [-0.3, -0.25) is 0 Å². The van der Waals surface area contributed by atoms with Gasteiger partial charge in [-0.15, -0.1) is 0 Å². The molecule has 0 aromatic carbocycles. The summed E-state index contributed by atoms with van der Waals surface area (Å²) < 4.78 is 19.4. The Kier molecular flexibility index (Phi) is 3.36. The van der Waals surface area contributed by atoms with Crippen LogP contribution in [0, 0.1) is 5.82 Å². The number of rotatable bonds is 2. The molecule has 2 N–H and O–H groups in total. The van der Waals surface area contributed by atoms with Gasteiger partial charge >= 0.3 is 0 Å². The van der Waals surface area contributed by atoms with E-state index in [1.165, 1.54) is 0 Å². The molecule has 16 heavy (non-hydrogen) atoms. The quantitative estimate of drug-likeness (QED) is 0.812. The number of hydrogen-bond acceptors (Lipinski definition) is 4. The van der Waals surface area contributed by atoms with E-state index in [0.29, 0.717) is 31.1 Å². The molecule has 1 atom stereocenters. The summed E-state index contributed by atoms with van der Waals surface area (Å²) >= 11 is 0. The van der Waals surface area contributed by atoms with Gasteiger partial charge in [0.05, 0.1) is 12.7 Å². The van der Waals surface area contributed by atoms with E-state index in [0.717, 1.165) is 0 Å². The van der Waals surface area contributed by atoms with Crippen molar-refractivity contribution < 1.29 is 9.13 Å². The van der Waals surface area contributed by atoms with E-state index in [-0.39, 0.29) is 18.5 Å². The van der Waals surface area contributed by atoms with E-state index in [2.05, 4.69) is 4.98 Å². The molecule has 0 saturated carbocycles. The Labute approximate surface area is 94.2 Å². The van der Waals surface area contributed by atoms with Crippen LogP contribution in [0.3, 0.4) is 0 Å². The largest absolute Gasteiger partial charge is 0.375 e. The minimum atomic E-state index is -0.306. The first-order chi connectivity index (χ1) is 7.72. The van der Waals surface area contributed by atoms with Crippen molar-refractivity contribution in [3.8, 4) is 0 Å².